The first-order valence-corrected chi connectivity index (χ1v) is 7.81. The van der Waals surface area contributed by atoms with Crippen molar-refractivity contribution in [2.75, 3.05) is 31.3 Å². The number of hydrogen-bond acceptors (Lipinski definition) is 5. The van der Waals surface area contributed by atoms with Gasteiger partial charge in [-0.1, -0.05) is 32.0 Å². The molecule has 0 saturated carbocycles. The topological polar surface area (TPSA) is 41.5 Å². The molecule has 1 aromatic carbocycles. The van der Waals surface area contributed by atoms with Gasteiger partial charge < -0.3 is 4.90 Å². The predicted octanol–water partition coefficient (Wildman–Crippen LogP) is 3.28. The summed E-state index contributed by atoms with van der Waals surface area (Å²) in [5, 5.41) is 1.77. The van der Waals surface area contributed by atoms with Crippen molar-refractivity contribution in [2.45, 2.75) is 20.3 Å². The molecule has 5 nitrogen and oxygen atoms in total. The molecule has 0 bridgehead atoms. The third-order valence-electron chi connectivity index (χ3n) is 3.50. The van der Waals surface area contributed by atoms with Gasteiger partial charge in [-0.15, -0.1) is 0 Å². The first kappa shape index (κ1) is 16.4. The first-order chi connectivity index (χ1) is 10.8. The Balaban J connectivity index is 1.98. The van der Waals surface area contributed by atoms with Crippen LogP contribution in [-0.2, 0) is 4.84 Å². The molecule has 0 atom stereocenters. The maximum absolute atomic E-state index is 5.97. The van der Waals surface area contributed by atoms with Crippen molar-refractivity contribution in [1.82, 2.24) is 14.9 Å². The largest absolute Gasteiger partial charge is 0.304 e. The lowest BCUT2D eigenvalue weighted by atomic mass is 10.3. The molecule has 0 aliphatic heterocycles. The van der Waals surface area contributed by atoms with E-state index in [1.165, 1.54) is 6.33 Å². The van der Waals surface area contributed by atoms with Gasteiger partial charge in [-0.3, -0.25) is 4.84 Å². The van der Waals surface area contributed by atoms with E-state index in [0.717, 1.165) is 37.6 Å². The Labute approximate surface area is 132 Å². The molecular weight excluding hydrogens is 276 g/mol. The fourth-order valence-electron chi connectivity index (χ4n) is 2.22. The molecule has 0 aliphatic carbocycles. The number of benzene rings is 1. The van der Waals surface area contributed by atoms with Gasteiger partial charge >= 0.3 is 0 Å². The summed E-state index contributed by atoms with van der Waals surface area (Å²) in [6, 6.07) is 11.8. The minimum Gasteiger partial charge on any atom is -0.304 e. The molecule has 0 aliphatic rings. The van der Waals surface area contributed by atoms with Crippen molar-refractivity contribution in [3.8, 4) is 0 Å². The van der Waals surface area contributed by atoms with Crippen molar-refractivity contribution in [2.24, 2.45) is 0 Å². The number of rotatable bonds is 9. The number of para-hydroxylation sites is 1. The van der Waals surface area contributed by atoms with Crippen molar-refractivity contribution < 1.29 is 4.84 Å². The Morgan fingerprint density at radius 2 is 1.82 bits per heavy atom. The Bertz CT molecular complexity index is 477. The van der Waals surface area contributed by atoms with Crippen LogP contribution in [0.1, 0.15) is 20.3 Å². The molecule has 5 heteroatoms. The van der Waals surface area contributed by atoms with Gasteiger partial charge in [-0.05, 0) is 31.6 Å². The molecular formula is C17H24N4O. The first-order valence-electron chi connectivity index (χ1n) is 7.81. The van der Waals surface area contributed by atoms with Crippen LogP contribution in [0.3, 0.4) is 0 Å². The average molecular weight is 300 g/mol. The van der Waals surface area contributed by atoms with Crippen molar-refractivity contribution in [1.29, 1.82) is 0 Å². The summed E-state index contributed by atoms with van der Waals surface area (Å²) in [7, 11) is 0. The number of hydrogen-bond donors (Lipinski definition) is 0. The molecule has 0 radical (unpaired) electrons. The van der Waals surface area contributed by atoms with Crippen LogP contribution in [0, 0.1) is 0 Å². The Kier molecular flexibility index (Phi) is 6.80. The second-order valence-corrected chi connectivity index (χ2v) is 4.91. The minimum absolute atomic E-state index is 0.648. The summed E-state index contributed by atoms with van der Waals surface area (Å²) in [6.07, 6.45) is 4.23. The third kappa shape index (κ3) is 4.79. The second-order valence-electron chi connectivity index (χ2n) is 4.91. The zero-order valence-corrected chi connectivity index (χ0v) is 13.4. The van der Waals surface area contributed by atoms with Crippen LogP contribution in [0.2, 0.25) is 0 Å². The lowest BCUT2D eigenvalue weighted by molar-refractivity contribution is 0.121. The van der Waals surface area contributed by atoms with E-state index >= 15 is 0 Å². The van der Waals surface area contributed by atoms with E-state index in [2.05, 4.69) is 28.7 Å². The van der Waals surface area contributed by atoms with Gasteiger partial charge in [-0.25, -0.2) is 15.0 Å². The van der Waals surface area contributed by atoms with Crippen LogP contribution >= 0.6 is 0 Å². The van der Waals surface area contributed by atoms with Crippen molar-refractivity contribution in [3.63, 3.8) is 0 Å². The monoisotopic (exact) mass is 300 g/mol. The second kappa shape index (κ2) is 9.12. The highest BCUT2D eigenvalue weighted by Crippen LogP contribution is 2.22. The van der Waals surface area contributed by atoms with E-state index in [0.29, 0.717) is 6.61 Å². The minimum atomic E-state index is 0.648. The molecule has 1 aromatic heterocycles. The van der Waals surface area contributed by atoms with Crippen molar-refractivity contribution >= 4 is 11.5 Å². The van der Waals surface area contributed by atoms with E-state index in [1.807, 2.05) is 36.4 Å². The quantitative estimate of drug-likeness (QED) is 0.525. The van der Waals surface area contributed by atoms with E-state index in [1.54, 1.807) is 11.3 Å². The summed E-state index contributed by atoms with van der Waals surface area (Å²) in [5.74, 6) is 0.740. The van der Waals surface area contributed by atoms with Gasteiger partial charge in [-0.2, -0.15) is 0 Å². The number of anilines is 2. The number of nitrogens with zero attached hydrogens (tertiary/aromatic N) is 4. The van der Waals surface area contributed by atoms with Gasteiger partial charge in [0, 0.05) is 18.8 Å². The maximum atomic E-state index is 5.97. The molecule has 2 rings (SSSR count). The summed E-state index contributed by atoms with van der Waals surface area (Å²) < 4.78 is 0. The van der Waals surface area contributed by atoms with Gasteiger partial charge in [0.25, 0.3) is 0 Å². The molecule has 0 fully saturated rings. The highest BCUT2D eigenvalue weighted by molar-refractivity contribution is 5.56. The highest BCUT2D eigenvalue weighted by Gasteiger charge is 2.11. The van der Waals surface area contributed by atoms with Gasteiger partial charge in [0.2, 0.25) is 0 Å². The molecule has 1 heterocycles. The molecule has 0 spiro atoms. The van der Waals surface area contributed by atoms with E-state index in [9.17, 15) is 0 Å². The molecule has 0 unspecified atom stereocenters. The predicted molar refractivity (Wildman–Crippen MR) is 89.0 cm³/mol. The SMILES string of the molecule is CCN(CC)CCCON(c1ccccc1)c1ccncn1. The van der Waals surface area contributed by atoms with Gasteiger partial charge in [0.05, 0.1) is 12.3 Å². The molecule has 0 amide bonds. The van der Waals surface area contributed by atoms with E-state index in [4.69, 9.17) is 4.84 Å². The smallest absolute Gasteiger partial charge is 0.161 e. The summed E-state index contributed by atoms with van der Waals surface area (Å²) in [6.45, 7) is 8.20. The molecule has 2 aromatic rings. The normalized spacial score (nSPS) is 10.9. The highest BCUT2D eigenvalue weighted by atomic mass is 16.7. The number of aromatic nitrogens is 2. The van der Waals surface area contributed by atoms with Crippen LogP contribution < -0.4 is 5.06 Å². The fraction of sp³-hybridized carbons (Fsp3) is 0.412. The Morgan fingerprint density at radius 3 is 2.45 bits per heavy atom. The van der Waals surface area contributed by atoms with Crippen molar-refractivity contribution in [3.05, 3.63) is 48.9 Å². The third-order valence-corrected chi connectivity index (χ3v) is 3.50. The molecule has 0 N–H and O–H groups in total. The van der Waals surface area contributed by atoms with Crippen LogP contribution in [0.15, 0.2) is 48.9 Å². The molecule has 22 heavy (non-hydrogen) atoms. The van der Waals surface area contributed by atoms with Crippen LogP contribution in [0.5, 0.6) is 0 Å². The standard InChI is InChI=1S/C17H24N4O/c1-3-20(4-2)13-8-14-22-21(16-9-6-5-7-10-16)17-11-12-18-15-19-17/h5-7,9-12,15H,3-4,8,13-14H2,1-2H3. The average Bonchev–Trinajstić information content (AvgIpc) is 2.60. The van der Waals surface area contributed by atoms with E-state index < -0.39 is 0 Å². The van der Waals surface area contributed by atoms with Gasteiger partial charge in [0.1, 0.15) is 6.33 Å². The van der Waals surface area contributed by atoms with Gasteiger partial charge in [0.15, 0.2) is 5.82 Å². The van der Waals surface area contributed by atoms with Crippen LogP contribution in [0.4, 0.5) is 11.5 Å². The molecule has 0 saturated heterocycles. The Hall–Kier alpha value is -1.98. The zero-order chi connectivity index (χ0) is 15.6. The lowest BCUT2D eigenvalue weighted by Gasteiger charge is -2.23. The van der Waals surface area contributed by atoms with E-state index in [-0.39, 0.29) is 0 Å². The zero-order valence-electron chi connectivity index (χ0n) is 13.4. The van der Waals surface area contributed by atoms with Crippen LogP contribution in [-0.4, -0.2) is 41.1 Å². The molecule has 118 valence electrons. The summed E-state index contributed by atoms with van der Waals surface area (Å²) >= 11 is 0. The fourth-order valence-corrected chi connectivity index (χ4v) is 2.22. The Morgan fingerprint density at radius 1 is 1.05 bits per heavy atom. The van der Waals surface area contributed by atoms with Crippen LogP contribution in [0.25, 0.3) is 0 Å². The summed E-state index contributed by atoms with van der Waals surface area (Å²) in [5.41, 5.74) is 0.962. The maximum Gasteiger partial charge on any atom is 0.161 e. The lowest BCUT2D eigenvalue weighted by Crippen LogP contribution is -2.26. The summed E-state index contributed by atoms with van der Waals surface area (Å²) in [4.78, 5) is 16.6.